The van der Waals surface area contributed by atoms with Gasteiger partial charge in [-0.15, -0.1) is 0 Å². The van der Waals surface area contributed by atoms with Crippen molar-refractivity contribution in [1.82, 2.24) is 19.8 Å². The maximum absolute atomic E-state index is 14.4. The highest BCUT2D eigenvalue weighted by atomic mass is 19.1. The lowest BCUT2D eigenvalue weighted by atomic mass is 10.1. The second kappa shape index (κ2) is 8.53. The highest BCUT2D eigenvalue weighted by molar-refractivity contribution is 6.00. The van der Waals surface area contributed by atoms with Crippen molar-refractivity contribution in [2.45, 2.75) is 32.9 Å². The number of benzene rings is 1. The minimum Gasteiger partial charge on any atom is -0.479 e. The topological polar surface area (TPSA) is 89.8 Å². The summed E-state index contributed by atoms with van der Waals surface area (Å²) < 4.78 is 26.4. The molecule has 0 fully saturated rings. The number of ether oxygens (including phenoxy) is 2. The van der Waals surface area contributed by atoms with E-state index in [4.69, 9.17) is 9.47 Å². The number of aromatic nitrogens is 3. The highest BCUT2D eigenvalue weighted by Crippen LogP contribution is 2.28. The van der Waals surface area contributed by atoms with E-state index in [9.17, 15) is 14.0 Å². The SMILES string of the molecule is COc1ncc(N(C(=O)OC(C)(C)C)N2CCn3nc(-c4ccccc4)cc3C2=O)cc1F. The minimum absolute atomic E-state index is 0.0344. The van der Waals surface area contributed by atoms with Crippen LogP contribution in [-0.2, 0) is 11.3 Å². The maximum atomic E-state index is 14.4. The number of hydrogen-bond acceptors (Lipinski definition) is 6. The molecule has 2 aromatic heterocycles. The summed E-state index contributed by atoms with van der Waals surface area (Å²) in [4.78, 5) is 30.4. The zero-order valence-electron chi connectivity index (χ0n) is 18.8. The Morgan fingerprint density at radius 1 is 1.15 bits per heavy atom. The Morgan fingerprint density at radius 3 is 2.52 bits per heavy atom. The average molecular weight is 453 g/mol. The van der Waals surface area contributed by atoms with Crippen LogP contribution in [0.2, 0.25) is 0 Å². The van der Waals surface area contributed by atoms with Gasteiger partial charge in [-0.1, -0.05) is 30.3 Å². The number of hydrazine groups is 1. The molecule has 4 rings (SSSR count). The van der Waals surface area contributed by atoms with Gasteiger partial charge in [0.1, 0.15) is 11.3 Å². The van der Waals surface area contributed by atoms with Gasteiger partial charge in [-0.05, 0) is 26.8 Å². The molecule has 0 radical (unpaired) electrons. The second-order valence-electron chi connectivity index (χ2n) is 8.41. The molecular formula is C23H24FN5O4. The van der Waals surface area contributed by atoms with E-state index in [-0.39, 0.29) is 18.1 Å². The lowest BCUT2D eigenvalue weighted by molar-refractivity contribution is 0.0389. The summed E-state index contributed by atoms with van der Waals surface area (Å²) in [7, 11) is 1.29. The van der Waals surface area contributed by atoms with E-state index < -0.39 is 23.4 Å². The van der Waals surface area contributed by atoms with E-state index >= 15 is 0 Å². The molecular weight excluding hydrogens is 429 g/mol. The molecule has 3 heterocycles. The Bertz CT molecular complexity index is 1190. The number of amides is 2. The average Bonchev–Trinajstić information content (AvgIpc) is 3.20. The largest absolute Gasteiger partial charge is 0.479 e. The fourth-order valence-electron chi connectivity index (χ4n) is 3.45. The number of carbonyl (C=O) groups is 2. The lowest BCUT2D eigenvalue weighted by Gasteiger charge is -2.37. The molecule has 0 spiro atoms. The molecule has 0 unspecified atom stereocenters. The van der Waals surface area contributed by atoms with E-state index in [2.05, 4.69) is 10.1 Å². The van der Waals surface area contributed by atoms with Crippen molar-refractivity contribution < 1.29 is 23.5 Å². The van der Waals surface area contributed by atoms with Crippen LogP contribution in [0.1, 0.15) is 31.3 Å². The van der Waals surface area contributed by atoms with Gasteiger partial charge in [0, 0.05) is 11.6 Å². The zero-order valence-corrected chi connectivity index (χ0v) is 18.8. The molecule has 0 aliphatic carbocycles. The van der Waals surface area contributed by atoms with Gasteiger partial charge in [0.05, 0.1) is 37.8 Å². The van der Waals surface area contributed by atoms with Gasteiger partial charge < -0.3 is 9.47 Å². The minimum atomic E-state index is -0.838. The van der Waals surface area contributed by atoms with Crippen molar-refractivity contribution in [2.75, 3.05) is 18.7 Å². The summed E-state index contributed by atoms with van der Waals surface area (Å²) >= 11 is 0. The van der Waals surface area contributed by atoms with Crippen LogP contribution in [0, 0.1) is 5.82 Å². The van der Waals surface area contributed by atoms with Crippen molar-refractivity contribution in [3.8, 4) is 17.1 Å². The molecule has 0 atom stereocenters. The molecule has 0 bridgehead atoms. The number of nitrogens with zero attached hydrogens (tertiary/aromatic N) is 5. The number of rotatable bonds is 4. The Labute approximate surface area is 190 Å². The molecule has 1 aliphatic rings. The Kier molecular flexibility index (Phi) is 5.75. The monoisotopic (exact) mass is 453 g/mol. The molecule has 1 aromatic carbocycles. The number of hydrogen-bond donors (Lipinski definition) is 0. The fourth-order valence-corrected chi connectivity index (χ4v) is 3.45. The summed E-state index contributed by atoms with van der Waals surface area (Å²) in [6.07, 6.45) is 0.416. The summed E-state index contributed by atoms with van der Waals surface area (Å²) in [5.41, 5.74) is 1.00. The number of pyridine rings is 1. The van der Waals surface area contributed by atoms with Gasteiger partial charge in [-0.25, -0.2) is 19.2 Å². The van der Waals surface area contributed by atoms with Crippen LogP contribution in [0.4, 0.5) is 14.9 Å². The van der Waals surface area contributed by atoms with Crippen LogP contribution in [0.15, 0.2) is 48.7 Å². The van der Waals surface area contributed by atoms with E-state index in [0.717, 1.165) is 16.6 Å². The molecule has 172 valence electrons. The molecule has 0 N–H and O–H groups in total. The van der Waals surface area contributed by atoms with Crippen molar-refractivity contribution in [3.05, 3.63) is 60.2 Å². The summed E-state index contributed by atoms with van der Waals surface area (Å²) in [6.45, 7) is 5.56. The van der Waals surface area contributed by atoms with Crippen LogP contribution in [0.25, 0.3) is 11.3 Å². The predicted molar refractivity (Wildman–Crippen MR) is 118 cm³/mol. The second-order valence-corrected chi connectivity index (χ2v) is 8.41. The quantitative estimate of drug-likeness (QED) is 0.595. The van der Waals surface area contributed by atoms with Gasteiger partial charge in [0.2, 0.25) is 5.88 Å². The standard InChI is InChI=1S/C23H24FN5O4/c1-23(2,3)33-22(31)29(16-12-17(24)20(32-4)25-14-16)28-11-10-27-19(21(28)30)13-18(26-27)15-8-6-5-7-9-15/h5-9,12-14H,10-11H2,1-4H3. The zero-order chi connectivity index (χ0) is 23.8. The van der Waals surface area contributed by atoms with Crippen molar-refractivity contribution in [3.63, 3.8) is 0 Å². The molecule has 3 aromatic rings. The van der Waals surface area contributed by atoms with Gasteiger partial charge in [-0.3, -0.25) is 9.48 Å². The maximum Gasteiger partial charge on any atom is 0.434 e. The Morgan fingerprint density at radius 2 is 1.88 bits per heavy atom. The van der Waals surface area contributed by atoms with Crippen LogP contribution in [0.5, 0.6) is 5.88 Å². The Hall–Kier alpha value is -3.95. The normalized spacial score (nSPS) is 13.5. The van der Waals surface area contributed by atoms with E-state index in [1.54, 1.807) is 31.5 Å². The molecule has 10 heteroatoms. The third-order valence-electron chi connectivity index (χ3n) is 4.87. The fraction of sp³-hybridized carbons (Fsp3) is 0.304. The number of fused-ring (bicyclic) bond motifs is 1. The van der Waals surface area contributed by atoms with Gasteiger partial charge >= 0.3 is 6.09 Å². The van der Waals surface area contributed by atoms with Crippen molar-refractivity contribution >= 4 is 17.7 Å². The summed E-state index contributed by atoms with van der Waals surface area (Å²) in [5, 5.41) is 6.74. The van der Waals surface area contributed by atoms with Crippen molar-refractivity contribution in [1.29, 1.82) is 0 Å². The molecule has 9 nitrogen and oxygen atoms in total. The van der Waals surface area contributed by atoms with Gasteiger partial charge in [-0.2, -0.15) is 10.1 Å². The van der Waals surface area contributed by atoms with Crippen LogP contribution in [-0.4, -0.2) is 51.0 Å². The molecule has 1 aliphatic heterocycles. The lowest BCUT2D eigenvalue weighted by Crippen LogP contribution is -2.55. The number of methoxy groups -OCH3 is 1. The first kappa shape index (κ1) is 22.3. The molecule has 0 saturated heterocycles. The number of carbonyl (C=O) groups excluding carboxylic acids is 2. The molecule has 0 saturated carbocycles. The smallest absolute Gasteiger partial charge is 0.434 e. The first-order valence-electron chi connectivity index (χ1n) is 10.4. The van der Waals surface area contributed by atoms with Gasteiger partial charge in [0.25, 0.3) is 5.91 Å². The third-order valence-corrected chi connectivity index (χ3v) is 4.87. The van der Waals surface area contributed by atoms with Crippen LogP contribution in [0.3, 0.4) is 0 Å². The first-order chi connectivity index (χ1) is 15.7. The van der Waals surface area contributed by atoms with Crippen LogP contribution >= 0.6 is 0 Å². The number of halogens is 1. The summed E-state index contributed by atoms with van der Waals surface area (Å²) in [5.74, 6) is -1.47. The van der Waals surface area contributed by atoms with E-state index in [0.29, 0.717) is 17.9 Å². The summed E-state index contributed by atoms with van der Waals surface area (Å²) in [6, 6.07) is 12.2. The van der Waals surface area contributed by atoms with Crippen molar-refractivity contribution in [2.24, 2.45) is 0 Å². The van der Waals surface area contributed by atoms with Gasteiger partial charge in [0.15, 0.2) is 5.82 Å². The molecule has 2 amide bonds. The van der Waals surface area contributed by atoms with E-state index in [1.165, 1.54) is 18.3 Å². The van der Waals surface area contributed by atoms with Crippen LogP contribution < -0.4 is 9.75 Å². The highest BCUT2D eigenvalue weighted by Gasteiger charge is 2.37. The first-order valence-corrected chi connectivity index (χ1v) is 10.4. The predicted octanol–water partition coefficient (Wildman–Crippen LogP) is 3.91. The van der Waals surface area contributed by atoms with E-state index in [1.807, 2.05) is 30.3 Å². The Balaban J connectivity index is 1.72. The third kappa shape index (κ3) is 4.50. The molecule has 33 heavy (non-hydrogen) atoms. The number of anilines is 1.